The number of H-pyrrole nitrogens is 1. The molecule has 1 heterocycles. The van der Waals surface area contributed by atoms with Crippen molar-refractivity contribution in [3.8, 4) is 6.07 Å². The van der Waals surface area contributed by atoms with Crippen molar-refractivity contribution in [1.29, 1.82) is 5.26 Å². The minimum atomic E-state index is -1.57. The van der Waals surface area contributed by atoms with Gasteiger partial charge >= 0.3 is 0 Å². The SMILES string of the molecule is N#CCC(=O)N/N=C(\c1nc2ccc([N+](=O)[O-])cc2[nH]c1=O)[C@H](O)c1ccc(Cl)c(Cl)c1. The summed E-state index contributed by atoms with van der Waals surface area (Å²) in [6.07, 6.45) is -2.08. The number of carbonyl (C=O) groups excluding carboxylic acids is 1. The number of nitro groups is 1. The summed E-state index contributed by atoms with van der Waals surface area (Å²) in [5.74, 6) is -0.779. The number of aliphatic hydroxyl groups excluding tert-OH is 1. The van der Waals surface area contributed by atoms with Crippen LogP contribution in [0, 0.1) is 21.4 Å². The van der Waals surface area contributed by atoms with Gasteiger partial charge in [0.2, 0.25) is 0 Å². The first-order valence-corrected chi connectivity index (χ1v) is 9.52. The van der Waals surface area contributed by atoms with Crippen molar-refractivity contribution >= 4 is 51.5 Å². The predicted octanol–water partition coefficient (Wildman–Crippen LogP) is 2.61. The number of rotatable bonds is 6. The molecule has 3 N–H and O–H groups in total. The first-order chi connectivity index (χ1) is 15.2. The summed E-state index contributed by atoms with van der Waals surface area (Å²) in [4.78, 5) is 41.3. The van der Waals surface area contributed by atoms with E-state index in [0.717, 1.165) is 6.07 Å². The van der Waals surface area contributed by atoms with Gasteiger partial charge in [-0.25, -0.2) is 10.4 Å². The highest BCUT2D eigenvalue weighted by molar-refractivity contribution is 6.42. The van der Waals surface area contributed by atoms with E-state index in [9.17, 15) is 24.8 Å². The van der Waals surface area contributed by atoms with Gasteiger partial charge in [0.15, 0.2) is 5.69 Å². The van der Waals surface area contributed by atoms with Crippen molar-refractivity contribution in [1.82, 2.24) is 15.4 Å². The maximum Gasteiger partial charge on any atom is 0.276 e. The summed E-state index contributed by atoms with van der Waals surface area (Å²) >= 11 is 11.9. The Labute approximate surface area is 189 Å². The Balaban J connectivity index is 2.14. The molecule has 0 aliphatic carbocycles. The minimum Gasteiger partial charge on any atom is -0.382 e. The van der Waals surface area contributed by atoms with E-state index in [-0.39, 0.29) is 43.7 Å². The van der Waals surface area contributed by atoms with Crippen molar-refractivity contribution in [2.24, 2.45) is 5.10 Å². The lowest BCUT2D eigenvalue weighted by Crippen LogP contribution is -2.29. The molecule has 0 saturated heterocycles. The molecule has 3 rings (SSSR count). The molecule has 32 heavy (non-hydrogen) atoms. The maximum absolute atomic E-state index is 12.7. The lowest BCUT2D eigenvalue weighted by molar-refractivity contribution is -0.384. The molecule has 162 valence electrons. The number of halogens is 2. The number of amides is 1. The number of aromatic nitrogens is 2. The topological polar surface area (TPSA) is 174 Å². The lowest BCUT2D eigenvalue weighted by atomic mass is 10.0. The van der Waals surface area contributed by atoms with Gasteiger partial charge in [-0.2, -0.15) is 10.4 Å². The second kappa shape index (κ2) is 9.52. The fraction of sp³-hybridized carbons (Fsp3) is 0.105. The molecule has 0 aliphatic rings. The van der Waals surface area contributed by atoms with Crippen LogP contribution < -0.4 is 11.0 Å². The summed E-state index contributed by atoms with van der Waals surface area (Å²) in [5.41, 5.74) is 0.741. The molecule has 1 aromatic heterocycles. The van der Waals surface area contributed by atoms with Gasteiger partial charge in [0, 0.05) is 12.1 Å². The van der Waals surface area contributed by atoms with E-state index in [1.807, 2.05) is 0 Å². The quantitative estimate of drug-likeness (QED) is 0.279. The van der Waals surface area contributed by atoms with Gasteiger partial charge < -0.3 is 10.1 Å². The molecule has 0 saturated carbocycles. The Hall–Kier alpha value is -3.85. The molecular weight excluding hydrogens is 463 g/mol. The number of nitriles is 1. The molecule has 0 spiro atoms. The Morgan fingerprint density at radius 3 is 2.72 bits per heavy atom. The second-order valence-electron chi connectivity index (χ2n) is 6.32. The van der Waals surface area contributed by atoms with Crippen molar-refractivity contribution in [2.75, 3.05) is 0 Å². The standard InChI is InChI=1S/C19H12Cl2N6O5/c20-11-3-1-9(7-12(11)21)18(29)16(26-25-15(28)5-6-22)17-19(30)24-14-8-10(27(31)32)2-4-13(14)23-17/h1-4,7-8,18,29H,5H2,(H,24,30)(H,25,28)/b26-16+/t18-/m1/s1. The smallest absolute Gasteiger partial charge is 0.276 e. The Bertz CT molecular complexity index is 1360. The number of nitrogens with zero attached hydrogens (tertiary/aromatic N) is 4. The fourth-order valence-corrected chi connectivity index (χ4v) is 2.99. The first-order valence-electron chi connectivity index (χ1n) is 8.76. The lowest BCUT2D eigenvalue weighted by Gasteiger charge is -2.14. The number of carbonyl (C=O) groups is 1. The molecule has 11 nitrogen and oxygen atoms in total. The largest absolute Gasteiger partial charge is 0.382 e. The highest BCUT2D eigenvalue weighted by Crippen LogP contribution is 2.27. The van der Waals surface area contributed by atoms with Gasteiger partial charge in [-0.15, -0.1) is 0 Å². The molecule has 3 aromatic rings. The van der Waals surface area contributed by atoms with E-state index in [4.69, 9.17) is 28.5 Å². The molecule has 0 bridgehead atoms. The Kier molecular flexibility index (Phi) is 6.79. The van der Waals surface area contributed by atoms with Crippen LogP contribution in [0.25, 0.3) is 11.0 Å². The summed E-state index contributed by atoms with van der Waals surface area (Å²) in [6.45, 7) is 0. The van der Waals surface area contributed by atoms with E-state index < -0.39 is 28.9 Å². The summed E-state index contributed by atoms with van der Waals surface area (Å²) < 4.78 is 0. The average molecular weight is 475 g/mol. The predicted molar refractivity (Wildman–Crippen MR) is 115 cm³/mol. The highest BCUT2D eigenvalue weighted by atomic mass is 35.5. The van der Waals surface area contributed by atoms with Crippen molar-refractivity contribution in [3.63, 3.8) is 0 Å². The number of aliphatic hydroxyl groups is 1. The number of aromatic amines is 1. The molecule has 0 radical (unpaired) electrons. The number of hydrazone groups is 1. The number of nitro benzene ring substituents is 1. The van der Waals surface area contributed by atoms with Crippen LogP contribution in [0.2, 0.25) is 10.0 Å². The van der Waals surface area contributed by atoms with Gasteiger partial charge in [0.05, 0.1) is 32.1 Å². The molecule has 0 fully saturated rings. The van der Waals surface area contributed by atoms with E-state index in [0.29, 0.717) is 0 Å². The van der Waals surface area contributed by atoms with Gasteiger partial charge in [0.1, 0.15) is 18.2 Å². The van der Waals surface area contributed by atoms with Crippen LogP contribution in [0.15, 0.2) is 46.3 Å². The number of hydrogen-bond donors (Lipinski definition) is 3. The summed E-state index contributed by atoms with van der Waals surface area (Å²) in [6, 6.07) is 9.48. The van der Waals surface area contributed by atoms with Crippen LogP contribution in [-0.4, -0.2) is 31.6 Å². The molecule has 0 unspecified atom stereocenters. The second-order valence-corrected chi connectivity index (χ2v) is 7.13. The van der Waals surface area contributed by atoms with Gasteiger partial charge in [0.25, 0.3) is 17.2 Å². The monoisotopic (exact) mass is 474 g/mol. The van der Waals surface area contributed by atoms with Crippen LogP contribution in [0.1, 0.15) is 23.8 Å². The normalized spacial score (nSPS) is 12.2. The molecule has 2 aromatic carbocycles. The van der Waals surface area contributed by atoms with Gasteiger partial charge in [-0.05, 0) is 23.8 Å². The zero-order chi connectivity index (χ0) is 23.4. The first kappa shape index (κ1) is 22.8. The van der Waals surface area contributed by atoms with Crippen LogP contribution in [-0.2, 0) is 4.79 Å². The maximum atomic E-state index is 12.7. The number of non-ortho nitro benzene ring substituents is 1. The number of benzene rings is 2. The van der Waals surface area contributed by atoms with Crippen LogP contribution >= 0.6 is 23.2 Å². The number of nitrogens with one attached hydrogen (secondary N) is 2. The highest BCUT2D eigenvalue weighted by Gasteiger charge is 2.24. The van der Waals surface area contributed by atoms with E-state index in [1.165, 1.54) is 30.3 Å². The third-order valence-corrected chi connectivity index (χ3v) is 4.93. The minimum absolute atomic E-state index is 0.0878. The van der Waals surface area contributed by atoms with Crippen LogP contribution in [0.4, 0.5) is 5.69 Å². The number of hydrogen-bond acceptors (Lipinski definition) is 8. The molecule has 1 amide bonds. The van der Waals surface area contributed by atoms with Crippen LogP contribution in [0.3, 0.4) is 0 Å². The summed E-state index contributed by atoms with van der Waals surface area (Å²) in [5, 5.41) is 34.6. The van der Waals surface area contributed by atoms with Crippen molar-refractivity contribution in [2.45, 2.75) is 12.5 Å². The Morgan fingerprint density at radius 1 is 1.31 bits per heavy atom. The number of fused-ring (bicyclic) bond motifs is 1. The van der Waals surface area contributed by atoms with Crippen LogP contribution in [0.5, 0.6) is 0 Å². The zero-order valence-electron chi connectivity index (χ0n) is 15.9. The molecule has 1 atom stereocenters. The average Bonchev–Trinajstić information content (AvgIpc) is 2.75. The third kappa shape index (κ3) is 4.89. The summed E-state index contributed by atoms with van der Waals surface area (Å²) in [7, 11) is 0. The van der Waals surface area contributed by atoms with Crippen molar-refractivity contribution < 1.29 is 14.8 Å². The fourth-order valence-electron chi connectivity index (χ4n) is 2.68. The zero-order valence-corrected chi connectivity index (χ0v) is 17.4. The van der Waals surface area contributed by atoms with E-state index in [1.54, 1.807) is 6.07 Å². The molecular formula is C19H12Cl2N6O5. The van der Waals surface area contributed by atoms with Crippen molar-refractivity contribution in [3.05, 3.63) is 78.2 Å². The Morgan fingerprint density at radius 2 is 2.06 bits per heavy atom. The third-order valence-electron chi connectivity index (χ3n) is 4.19. The molecule has 13 heteroatoms. The molecule has 0 aliphatic heterocycles. The van der Waals surface area contributed by atoms with E-state index >= 15 is 0 Å². The van der Waals surface area contributed by atoms with Gasteiger partial charge in [-0.3, -0.25) is 19.7 Å². The van der Waals surface area contributed by atoms with Gasteiger partial charge in [-0.1, -0.05) is 29.3 Å². The van der Waals surface area contributed by atoms with E-state index in [2.05, 4.69) is 20.5 Å².